The lowest BCUT2D eigenvalue weighted by molar-refractivity contribution is -0.134. The summed E-state index contributed by atoms with van der Waals surface area (Å²) in [5.41, 5.74) is 0. The molecule has 19 heavy (non-hydrogen) atoms. The highest BCUT2D eigenvalue weighted by Crippen LogP contribution is 2.21. The molecule has 1 unspecified atom stereocenters. The molecule has 1 amide bonds. The van der Waals surface area contributed by atoms with E-state index in [-0.39, 0.29) is 0 Å². The Labute approximate surface area is 117 Å². The SMILES string of the molecule is CN(CC(=O)N(C)C1CCCCC1)C1CCCNC1. The van der Waals surface area contributed by atoms with Crippen molar-refractivity contribution in [2.45, 2.75) is 57.0 Å². The van der Waals surface area contributed by atoms with Crippen LogP contribution in [0.3, 0.4) is 0 Å². The topological polar surface area (TPSA) is 35.6 Å². The standard InChI is InChI=1S/C15H29N3O/c1-17(14-9-6-10-16-11-14)12-15(19)18(2)13-7-4-3-5-8-13/h13-14,16H,3-12H2,1-2H3. The first-order valence-corrected chi connectivity index (χ1v) is 7.85. The first-order valence-electron chi connectivity index (χ1n) is 7.85. The fourth-order valence-corrected chi connectivity index (χ4v) is 3.34. The summed E-state index contributed by atoms with van der Waals surface area (Å²) in [6.07, 6.45) is 8.72. The minimum absolute atomic E-state index is 0.292. The molecule has 2 fully saturated rings. The van der Waals surface area contributed by atoms with Crippen LogP contribution in [0.15, 0.2) is 0 Å². The number of hydrogen-bond acceptors (Lipinski definition) is 3. The van der Waals surface area contributed by atoms with Gasteiger partial charge < -0.3 is 10.2 Å². The molecule has 1 aliphatic heterocycles. The highest BCUT2D eigenvalue weighted by Gasteiger charge is 2.25. The summed E-state index contributed by atoms with van der Waals surface area (Å²) < 4.78 is 0. The van der Waals surface area contributed by atoms with Gasteiger partial charge in [-0.25, -0.2) is 0 Å². The second kappa shape index (κ2) is 7.25. The zero-order chi connectivity index (χ0) is 13.7. The lowest BCUT2D eigenvalue weighted by Crippen LogP contribution is -2.49. The Kier molecular flexibility index (Phi) is 5.64. The third-order valence-electron chi connectivity index (χ3n) is 4.79. The molecule has 0 aromatic heterocycles. The van der Waals surface area contributed by atoms with Gasteiger partial charge in [0, 0.05) is 25.7 Å². The maximum atomic E-state index is 12.4. The normalized spacial score (nSPS) is 25.5. The number of hydrogen-bond donors (Lipinski definition) is 1. The number of carbonyl (C=O) groups is 1. The van der Waals surface area contributed by atoms with Crippen molar-refractivity contribution in [1.82, 2.24) is 15.1 Å². The molecule has 0 aromatic rings. The number of amides is 1. The number of nitrogens with zero attached hydrogens (tertiary/aromatic N) is 2. The van der Waals surface area contributed by atoms with E-state index in [9.17, 15) is 4.79 Å². The van der Waals surface area contributed by atoms with Gasteiger partial charge in [-0.05, 0) is 39.3 Å². The molecule has 4 nitrogen and oxygen atoms in total. The molecule has 1 saturated carbocycles. The smallest absolute Gasteiger partial charge is 0.236 e. The fourth-order valence-electron chi connectivity index (χ4n) is 3.34. The Morgan fingerprint density at radius 1 is 1.05 bits per heavy atom. The zero-order valence-corrected chi connectivity index (χ0v) is 12.5. The van der Waals surface area contributed by atoms with E-state index in [4.69, 9.17) is 0 Å². The molecule has 0 spiro atoms. The van der Waals surface area contributed by atoms with Crippen LogP contribution in [0.2, 0.25) is 0 Å². The zero-order valence-electron chi connectivity index (χ0n) is 12.5. The van der Waals surface area contributed by atoms with Gasteiger partial charge in [-0.2, -0.15) is 0 Å². The van der Waals surface area contributed by atoms with Crippen LogP contribution in [-0.4, -0.2) is 61.5 Å². The van der Waals surface area contributed by atoms with E-state index in [0.29, 0.717) is 24.5 Å². The van der Waals surface area contributed by atoms with E-state index in [0.717, 1.165) is 13.1 Å². The van der Waals surface area contributed by atoms with Gasteiger partial charge in [-0.1, -0.05) is 19.3 Å². The molecule has 2 rings (SSSR count). The summed E-state index contributed by atoms with van der Waals surface area (Å²) in [5, 5.41) is 3.42. The van der Waals surface area contributed by atoms with Crippen LogP contribution in [0, 0.1) is 0 Å². The summed E-state index contributed by atoms with van der Waals surface area (Å²) >= 11 is 0. The Balaban J connectivity index is 1.78. The monoisotopic (exact) mass is 267 g/mol. The molecular weight excluding hydrogens is 238 g/mol. The van der Waals surface area contributed by atoms with Gasteiger partial charge in [-0.15, -0.1) is 0 Å². The van der Waals surface area contributed by atoms with Gasteiger partial charge in [0.1, 0.15) is 0 Å². The highest BCUT2D eigenvalue weighted by molar-refractivity contribution is 5.78. The van der Waals surface area contributed by atoms with Gasteiger partial charge >= 0.3 is 0 Å². The van der Waals surface area contributed by atoms with Crippen molar-refractivity contribution in [3.8, 4) is 0 Å². The average Bonchev–Trinajstić information content (AvgIpc) is 2.48. The summed E-state index contributed by atoms with van der Waals surface area (Å²) in [7, 11) is 4.08. The van der Waals surface area contributed by atoms with Gasteiger partial charge in [-0.3, -0.25) is 9.69 Å². The number of piperidine rings is 1. The van der Waals surface area contributed by atoms with Gasteiger partial charge in [0.25, 0.3) is 0 Å². The molecule has 1 atom stereocenters. The highest BCUT2D eigenvalue weighted by atomic mass is 16.2. The number of rotatable bonds is 4. The van der Waals surface area contributed by atoms with Crippen LogP contribution in [0.4, 0.5) is 0 Å². The van der Waals surface area contributed by atoms with E-state index >= 15 is 0 Å². The molecular formula is C15H29N3O. The Hall–Kier alpha value is -0.610. The third kappa shape index (κ3) is 4.18. The van der Waals surface area contributed by atoms with Crippen molar-refractivity contribution in [3.63, 3.8) is 0 Å². The van der Waals surface area contributed by atoms with Crippen molar-refractivity contribution in [2.75, 3.05) is 33.7 Å². The number of nitrogens with one attached hydrogen (secondary N) is 1. The molecule has 2 aliphatic rings. The summed E-state index contributed by atoms with van der Waals surface area (Å²) in [5.74, 6) is 0.292. The predicted molar refractivity (Wildman–Crippen MR) is 78.2 cm³/mol. The van der Waals surface area contributed by atoms with E-state index in [2.05, 4.69) is 17.3 Å². The molecule has 4 heteroatoms. The second-order valence-corrected chi connectivity index (χ2v) is 6.21. The maximum Gasteiger partial charge on any atom is 0.236 e. The minimum atomic E-state index is 0.292. The van der Waals surface area contributed by atoms with Gasteiger partial charge in [0.05, 0.1) is 6.54 Å². The quantitative estimate of drug-likeness (QED) is 0.837. The van der Waals surface area contributed by atoms with E-state index in [1.165, 1.54) is 44.9 Å². The van der Waals surface area contributed by atoms with Crippen molar-refractivity contribution in [2.24, 2.45) is 0 Å². The Morgan fingerprint density at radius 3 is 2.37 bits per heavy atom. The first kappa shape index (κ1) is 14.8. The Morgan fingerprint density at radius 2 is 1.74 bits per heavy atom. The molecule has 1 aliphatic carbocycles. The minimum Gasteiger partial charge on any atom is -0.342 e. The lowest BCUT2D eigenvalue weighted by atomic mass is 9.94. The predicted octanol–water partition coefficient (Wildman–Crippen LogP) is 1.46. The third-order valence-corrected chi connectivity index (χ3v) is 4.79. The van der Waals surface area contributed by atoms with E-state index in [1.807, 2.05) is 11.9 Å². The molecule has 1 heterocycles. The first-order chi connectivity index (χ1) is 9.18. The van der Waals surface area contributed by atoms with E-state index in [1.54, 1.807) is 0 Å². The van der Waals surface area contributed by atoms with Crippen LogP contribution in [0.25, 0.3) is 0 Å². The Bertz CT molecular complexity index is 283. The molecule has 1 saturated heterocycles. The fraction of sp³-hybridized carbons (Fsp3) is 0.933. The summed E-state index contributed by atoms with van der Waals surface area (Å²) in [6, 6.07) is 1.01. The largest absolute Gasteiger partial charge is 0.342 e. The average molecular weight is 267 g/mol. The van der Waals surface area contributed by atoms with Crippen molar-refractivity contribution in [3.05, 3.63) is 0 Å². The molecule has 0 aromatic carbocycles. The van der Waals surface area contributed by atoms with Crippen LogP contribution in [0.1, 0.15) is 44.9 Å². The van der Waals surface area contributed by atoms with Gasteiger partial charge in [0.2, 0.25) is 5.91 Å². The van der Waals surface area contributed by atoms with Gasteiger partial charge in [0.15, 0.2) is 0 Å². The molecule has 0 bridgehead atoms. The lowest BCUT2D eigenvalue weighted by Gasteiger charge is -2.35. The number of likely N-dealkylation sites (N-methyl/N-ethyl adjacent to an activating group) is 2. The summed E-state index contributed by atoms with van der Waals surface area (Å²) in [4.78, 5) is 16.6. The summed E-state index contributed by atoms with van der Waals surface area (Å²) in [6.45, 7) is 2.72. The maximum absolute atomic E-state index is 12.4. The van der Waals surface area contributed by atoms with Crippen LogP contribution in [0.5, 0.6) is 0 Å². The van der Waals surface area contributed by atoms with Crippen molar-refractivity contribution < 1.29 is 4.79 Å². The van der Waals surface area contributed by atoms with Crippen LogP contribution < -0.4 is 5.32 Å². The van der Waals surface area contributed by atoms with Crippen molar-refractivity contribution >= 4 is 5.91 Å². The molecule has 110 valence electrons. The molecule has 1 N–H and O–H groups in total. The van der Waals surface area contributed by atoms with Crippen molar-refractivity contribution in [1.29, 1.82) is 0 Å². The van der Waals surface area contributed by atoms with E-state index < -0.39 is 0 Å². The van der Waals surface area contributed by atoms with Crippen LogP contribution >= 0.6 is 0 Å². The number of carbonyl (C=O) groups excluding carboxylic acids is 1. The molecule has 0 radical (unpaired) electrons. The van der Waals surface area contributed by atoms with Crippen LogP contribution in [-0.2, 0) is 4.79 Å². The second-order valence-electron chi connectivity index (χ2n) is 6.21.